The molecule has 0 aliphatic carbocycles. The Bertz CT molecular complexity index is 592. The summed E-state index contributed by atoms with van der Waals surface area (Å²) in [6.07, 6.45) is 4.40. The third-order valence-corrected chi connectivity index (χ3v) is 4.67. The smallest absolute Gasteiger partial charge is 0.225 e. The lowest BCUT2D eigenvalue weighted by Crippen LogP contribution is -2.41. The Kier molecular flexibility index (Phi) is 4.73. The predicted octanol–water partition coefficient (Wildman–Crippen LogP) is -1.08. The minimum atomic E-state index is -3.34. The van der Waals surface area contributed by atoms with Gasteiger partial charge in [-0.2, -0.15) is 4.31 Å². The van der Waals surface area contributed by atoms with Crippen LogP contribution in [0.5, 0.6) is 0 Å². The molecule has 0 saturated carbocycles. The van der Waals surface area contributed by atoms with Gasteiger partial charge in [0.25, 0.3) is 0 Å². The van der Waals surface area contributed by atoms with Crippen LogP contribution in [-0.4, -0.2) is 68.1 Å². The minimum Gasteiger partial charge on any atom is -0.359 e. The van der Waals surface area contributed by atoms with E-state index >= 15 is 0 Å². The van der Waals surface area contributed by atoms with Crippen LogP contribution in [-0.2, 0) is 14.8 Å². The van der Waals surface area contributed by atoms with E-state index < -0.39 is 15.9 Å². The number of anilines is 1. The molecule has 1 fully saturated rings. The van der Waals surface area contributed by atoms with E-state index in [1.807, 2.05) is 4.90 Å². The molecular weight excluding hydrogens is 294 g/mol. The van der Waals surface area contributed by atoms with Gasteiger partial charge in [0.1, 0.15) is 0 Å². The topological polar surface area (TPSA) is 95.5 Å². The summed E-state index contributed by atoms with van der Waals surface area (Å²) in [5.74, 6) is -0.149. The molecular formula is C12H19N5O3S. The van der Waals surface area contributed by atoms with Crippen LogP contribution in [0, 0.1) is 5.92 Å². The predicted molar refractivity (Wildman–Crippen MR) is 78.2 cm³/mol. The van der Waals surface area contributed by atoms with E-state index in [4.69, 9.17) is 0 Å². The number of sulfonamides is 1. The van der Waals surface area contributed by atoms with Gasteiger partial charge in [0, 0.05) is 45.6 Å². The molecule has 1 aromatic heterocycles. The molecule has 1 atom stereocenters. The number of nitrogens with zero attached hydrogens (tertiary/aromatic N) is 4. The zero-order valence-electron chi connectivity index (χ0n) is 12.1. The molecule has 1 saturated heterocycles. The molecule has 0 radical (unpaired) electrons. The number of carbonyl (C=O) groups excluding carboxylic acids is 1. The molecule has 9 heteroatoms. The Balaban J connectivity index is 2.26. The molecule has 0 spiro atoms. The number of rotatable bonds is 3. The molecule has 21 heavy (non-hydrogen) atoms. The summed E-state index contributed by atoms with van der Waals surface area (Å²) >= 11 is 0. The number of hydrogen-bond donors (Lipinski definition) is 1. The fourth-order valence-corrected chi connectivity index (χ4v) is 3.16. The molecule has 1 aromatic rings. The summed E-state index contributed by atoms with van der Waals surface area (Å²) in [5, 5.41) is 2.58. The van der Waals surface area contributed by atoms with E-state index in [1.54, 1.807) is 25.5 Å². The fourth-order valence-electron chi connectivity index (χ4n) is 2.29. The standard InChI is InChI=1S/C12H19N5O3S/c1-13-11(18)10-8-16(12-14-4-3-5-15-12)6-7-17(9-10)21(2,19)20/h3-5,10H,6-9H2,1-2H3,(H,13,18). The van der Waals surface area contributed by atoms with Crippen LogP contribution in [0.25, 0.3) is 0 Å². The maximum absolute atomic E-state index is 12.0. The van der Waals surface area contributed by atoms with Crippen LogP contribution >= 0.6 is 0 Å². The second-order valence-electron chi connectivity index (χ2n) is 4.93. The van der Waals surface area contributed by atoms with Gasteiger partial charge in [-0.3, -0.25) is 4.79 Å². The molecule has 116 valence electrons. The lowest BCUT2D eigenvalue weighted by molar-refractivity contribution is -0.124. The van der Waals surface area contributed by atoms with Crippen molar-refractivity contribution in [2.24, 2.45) is 5.92 Å². The third-order valence-electron chi connectivity index (χ3n) is 3.41. The van der Waals surface area contributed by atoms with Gasteiger partial charge in [-0.1, -0.05) is 0 Å². The Morgan fingerprint density at radius 2 is 1.95 bits per heavy atom. The number of aromatic nitrogens is 2. The zero-order chi connectivity index (χ0) is 15.5. The van der Waals surface area contributed by atoms with E-state index in [1.165, 1.54) is 4.31 Å². The third kappa shape index (κ3) is 3.88. The monoisotopic (exact) mass is 313 g/mol. The summed E-state index contributed by atoms with van der Waals surface area (Å²) in [7, 11) is -1.80. The maximum Gasteiger partial charge on any atom is 0.225 e. The second-order valence-corrected chi connectivity index (χ2v) is 6.91. The Hall–Kier alpha value is -1.74. The van der Waals surface area contributed by atoms with Crippen molar-refractivity contribution in [1.82, 2.24) is 19.6 Å². The van der Waals surface area contributed by atoms with Gasteiger partial charge in [-0.25, -0.2) is 18.4 Å². The fraction of sp³-hybridized carbons (Fsp3) is 0.583. The number of hydrogen-bond acceptors (Lipinski definition) is 6. The van der Waals surface area contributed by atoms with Crippen molar-refractivity contribution in [2.75, 3.05) is 44.4 Å². The van der Waals surface area contributed by atoms with E-state index in [0.29, 0.717) is 25.6 Å². The number of carbonyl (C=O) groups is 1. The number of nitrogens with one attached hydrogen (secondary N) is 1. The SMILES string of the molecule is CNC(=O)C1CN(c2ncccn2)CCN(S(C)(=O)=O)C1. The highest BCUT2D eigenvalue weighted by Gasteiger charge is 2.31. The molecule has 2 heterocycles. The van der Waals surface area contributed by atoms with Crippen molar-refractivity contribution in [2.45, 2.75) is 0 Å². The van der Waals surface area contributed by atoms with Gasteiger partial charge in [0.15, 0.2) is 0 Å². The van der Waals surface area contributed by atoms with Crippen LogP contribution < -0.4 is 10.2 Å². The first-order chi connectivity index (χ1) is 9.91. The second kappa shape index (κ2) is 6.35. The van der Waals surface area contributed by atoms with Crippen LogP contribution in [0.2, 0.25) is 0 Å². The molecule has 0 bridgehead atoms. The van der Waals surface area contributed by atoms with Crippen LogP contribution in [0.3, 0.4) is 0 Å². The van der Waals surface area contributed by atoms with Crippen molar-refractivity contribution in [3.05, 3.63) is 18.5 Å². The molecule has 1 unspecified atom stereocenters. The molecule has 1 amide bonds. The largest absolute Gasteiger partial charge is 0.359 e. The first-order valence-corrected chi connectivity index (χ1v) is 8.45. The van der Waals surface area contributed by atoms with Crippen molar-refractivity contribution < 1.29 is 13.2 Å². The van der Waals surface area contributed by atoms with Gasteiger partial charge in [-0.15, -0.1) is 0 Å². The van der Waals surface area contributed by atoms with Crippen molar-refractivity contribution >= 4 is 21.9 Å². The molecule has 0 aromatic carbocycles. The summed E-state index contributed by atoms with van der Waals surface area (Å²) in [5.41, 5.74) is 0. The van der Waals surface area contributed by atoms with Crippen molar-refractivity contribution in [3.63, 3.8) is 0 Å². The minimum absolute atomic E-state index is 0.168. The average Bonchev–Trinajstić information content (AvgIpc) is 2.70. The van der Waals surface area contributed by atoms with E-state index in [0.717, 1.165) is 6.26 Å². The van der Waals surface area contributed by atoms with Gasteiger partial charge in [-0.05, 0) is 6.07 Å². The molecule has 1 aliphatic rings. The van der Waals surface area contributed by atoms with Gasteiger partial charge >= 0.3 is 0 Å². The lowest BCUT2D eigenvalue weighted by atomic mass is 10.1. The quantitative estimate of drug-likeness (QED) is 0.763. The summed E-state index contributed by atoms with van der Waals surface area (Å²) in [4.78, 5) is 22.1. The highest BCUT2D eigenvalue weighted by Crippen LogP contribution is 2.16. The molecule has 1 N–H and O–H groups in total. The maximum atomic E-state index is 12.0. The van der Waals surface area contributed by atoms with Crippen LogP contribution in [0.4, 0.5) is 5.95 Å². The van der Waals surface area contributed by atoms with Crippen LogP contribution in [0.15, 0.2) is 18.5 Å². The Morgan fingerprint density at radius 3 is 2.52 bits per heavy atom. The van der Waals surface area contributed by atoms with Crippen molar-refractivity contribution in [3.8, 4) is 0 Å². The average molecular weight is 313 g/mol. The summed E-state index contributed by atoms with van der Waals surface area (Å²) in [6.45, 7) is 1.31. The lowest BCUT2D eigenvalue weighted by Gasteiger charge is -2.22. The zero-order valence-corrected chi connectivity index (χ0v) is 12.9. The summed E-state index contributed by atoms with van der Waals surface area (Å²) in [6, 6.07) is 1.71. The normalized spacial score (nSPS) is 20.9. The summed E-state index contributed by atoms with van der Waals surface area (Å²) < 4.78 is 24.9. The van der Waals surface area contributed by atoms with Gasteiger partial charge in [0.2, 0.25) is 21.9 Å². The molecule has 2 rings (SSSR count). The van der Waals surface area contributed by atoms with E-state index in [9.17, 15) is 13.2 Å². The van der Waals surface area contributed by atoms with E-state index in [2.05, 4.69) is 15.3 Å². The first-order valence-electron chi connectivity index (χ1n) is 6.60. The molecule has 1 aliphatic heterocycles. The highest BCUT2D eigenvalue weighted by atomic mass is 32.2. The first kappa shape index (κ1) is 15.6. The Labute approximate surface area is 124 Å². The van der Waals surface area contributed by atoms with Gasteiger partial charge < -0.3 is 10.2 Å². The Morgan fingerprint density at radius 1 is 1.29 bits per heavy atom. The van der Waals surface area contributed by atoms with Crippen molar-refractivity contribution in [1.29, 1.82) is 0 Å². The van der Waals surface area contributed by atoms with E-state index in [-0.39, 0.29) is 12.5 Å². The van der Waals surface area contributed by atoms with Crippen LogP contribution in [0.1, 0.15) is 0 Å². The van der Waals surface area contributed by atoms with Gasteiger partial charge in [0.05, 0.1) is 12.2 Å². The highest BCUT2D eigenvalue weighted by molar-refractivity contribution is 7.88. The number of amides is 1. The molecule has 8 nitrogen and oxygen atoms in total.